The summed E-state index contributed by atoms with van der Waals surface area (Å²) in [5.74, 6) is 0. The van der Waals surface area contributed by atoms with Crippen molar-refractivity contribution in [2.24, 2.45) is 0 Å². The maximum Gasteiger partial charge on any atom is 0.266 e. The minimum atomic E-state index is -1.58. The van der Waals surface area contributed by atoms with E-state index in [1.54, 1.807) is 0 Å². The molecule has 9 heavy (non-hydrogen) atoms. The maximum atomic E-state index is 11.3. The third-order valence-electron chi connectivity index (χ3n) is 0.868. The van der Waals surface area contributed by atoms with Crippen LogP contribution in [0.3, 0.4) is 0 Å². The topological polar surface area (TPSA) is 0 Å². The molecular weight excluding hydrogens is 122 g/mol. The fourth-order valence-electron chi connectivity index (χ4n) is 0.455. The van der Waals surface area contributed by atoms with E-state index in [1.807, 2.05) is 19.1 Å². The van der Waals surface area contributed by atoms with Crippen molar-refractivity contribution in [2.45, 2.75) is 19.8 Å². The van der Waals surface area contributed by atoms with Gasteiger partial charge in [-0.15, -0.1) is 0 Å². The van der Waals surface area contributed by atoms with Gasteiger partial charge in [0.15, 0.2) is 0 Å². The quantitative estimate of drug-likeness (QED) is 0.409. The Labute approximate surface area is 53.9 Å². The highest BCUT2D eigenvalue weighted by Gasteiger charge is 1.83. The minimum Gasteiger partial charge on any atom is -0.174 e. The van der Waals surface area contributed by atoms with Crippen molar-refractivity contribution in [3.05, 3.63) is 24.3 Å². The first-order valence-electron chi connectivity index (χ1n) is 2.89. The molecule has 52 valence electrons. The predicted octanol–water partition coefficient (Wildman–Crippen LogP) is 3.12. The third-order valence-corrected chi connectivity index (χ3v) is 0.868. The van der Waals surface area contributed by atoms with Crippen LogP contribution in [0.1, 0.15) is 19.8 Å². The molecule has 0 nitrogen and oxygen atoms in total. The zero-order valence-corrected chi connectivity index (χ0v) is 5.40. The van der Waals surface area contributed by atoms with Crippen molar-refractivity contribution in [1.82, 2.24) is 0 Å². The third kappa shape index (κ3) is 7.34. The molecule has 0 spiro atoms. The highest BCUT2D eigenvalue weighted by Crippen LogP contribution is 2.01. The molecule has 0 heterocycles. The molecule has 0 aliphatic carbocycles. The Morgan fingerprint density at radius 1 is 1.33 bits per heavy atom. The van der Waals surface area contributed by atoms with E-state index >= 15 is 0 Å². The van der Waals surface area contributed by atoms with Gasteiger partial charge in [0.2, 0.25) is 0 Å². The van der Waals surface area contributed by atoms with E-state index in [1.165, 1.54) is 0 Å². The second-order valence-electron chi connectivity index (χ2n) is 1.64. The van der Waals surface area contributed by atoms with Crippen LogP contribution in [0.5, 0.6) is 0 Å². The average Bonchev–Trinajstić information content (AvgIpc) is 1.80. The molecule has 0 saturated heterocycles. The molecule has 0 aliphatic heterocycles. The van der Waals surface area contributed by atoms with Crippen LogP contribution in [0.25, 0.3) is 0 Å². The van der Waals surface area contributed by atoms with Gasteiger partial charge in [0.05, 0.1) is 0 Å². The van der Waals surface area contributed by atoms with E-state index < -0.39 is 6.08 Å². The van der Waals surface area contributed by atoms with Gasteiger partial charge in [-0.3, -0.25) is 0 Å². The Kier molecular flexibility index (Phi) is 5.07. The number of hydrogen-bond acceptors (Lipinski definition) is 0. The van der Waals surface area contributed by atoms with Crippen LogP contribution in [0, 0.1) is 0 Å². The molecule has 0 rings (SSSR count). The Balaban J connectivity index is 3.20. The standard InChI is InChI=1S/C7H10F2/c1-2-3-4-5-6-7(8)9/h2-3,6H,4-5H2,1H3. The second kappa shape index (κ2) is 5.48. The maximum absolute atomic E-state index is 11.3. The smallest absolute Gasteiger partial charge is 0.174 e. The first-order chi connectivity index (χ1) is 4.27. The van der Waals surface area contributed by atoms with Crippen LogP contribution >= 0.6 is 0 Å². The van der Waals surface area contributed by atoms with E-state index in [9.17, 15) is 8.78 Å². The molecule has 0 aromatic rings. The van der Waals surface area contributed by atoms with E-state index in [0.29, 0.717) is 12.8 Å². The second-order valence-corrected chi connectivity index (χ2v) is 1.64. The molecule has 0 amide bonds. The van der Waals surface area contributed by atoms with Gasteiger partial charge < -0.3 is 0 Å². The molecule has 0 fully saturated rings. The van der Waals surface area contributed by atoms with Crippen molar-refractivity contribution in [1.29, 1.82) is 0 Å². The van der Waals surface area contributed by atoms with Crippen molar-refractivity contribution >= 4 is 0 Å². The summed E-state index contributed by atoms with van der Waals surface area (Å²) in [4.78, 5) is 0. The molecular formula is C7H10F2. The number of hydrogen-bond donors (Lipinski definition) is 0. The molecule has 0 radical (unpaired) electrons. The first-order valence-corrected chi connectivity index (χ1v) is 2.89. The average molecular weight is 132 g/mol. The summed E-state index contributed by atoms with van der Waals surface area (Å²) >= 11 is 0. The lowest BCUT2D eigenvalue weighted by Gasteiger charge is -1.82. The summed E-state index contributed by atoms with van der Waals surface area (Å²) in [6.07, 6.45) is 4.20. The molecule has 0 atom stereocenters. The number of halogens is 2. The summed E-state index contributed by atoms with van der Waals surface area (Å²) in [6, 6.07) is 0. The van der Waals surface area contributed by atoms with Gasteiger partial charge in [-0.2, -0.15) is 8.78 Å². The number of unbranched alkanes of at least 4 members (excludes halogenated alkanes) is 1. The number of rotatable bonds is 3. The van der Waals surface area contributed by atoms with Crippen LogP contribution in [0.4, 0.5) is 8.78 Å². The summed E-state index contributed by atoms with van der Waals surface area (Å²) < 4.78 is 22.6. The van der Waals surface area contributed by atoms with Crippen molar-refractivity contribution < 1.29 is 8.78 Å². The van der Waals surface area contributed by atoms with Gasteiger partial charge in [-0.25, -0.2) is 0 Å². The predicted molar refractivity (Wildman–Crippen MR) is 34.3 cm³/mol. The Hall–Kier alpha value is -0.660. The van der Waals surface area contributed by atoms with Crippen LogP contribution in [-0.2, 0) is 0 Å². The highest BCUT2D eigenvalue weighted by atomic mass is 19.3. The Morgan fingerprint density at radius 3 is 2.44 bits per heavy atom. The lowest BCUT2D eigenvalue weighted by molar-refractivity contribution is 0.417. The van der Waals surface area contributed by atoms with E-state index in [0.717, 1.165) is 6.08 Å². The molecule has 2 heteroatoms. The van der Waals surface area contributed by atoms with Gasteiger partial charge >= 0.3 is 0 Å². The molecule has 0 aliphatic rings. The lowest BCUT2D eigenvalue weighted by Crippen LogP contribution is -1.64. The Bertz CT molecular complexity index is 110. The molecule has 0 bridgehead atoms. The van der Waals surface area contributed by atoms with Crippen LogP contribution in [0.2, 0.25) is 0 Å². The highest BCUT2D eigenvalue weighted by molar-refractivity contribution is 4.85. The summed E-state index contributed by atoms with van der Waals surface area (Å²) in [5.41, 5.74) is 0. The van der Waals surface area contributed by atoms with Gasteiger partial charge in [-0.1, -0.05) is 12.2 Å². The van der Waals surface area contributed by atoms with Gasteiger partial charge in [-0.05, 0) is 25.8 Å². The molecule has 0 unspecified atom stereocenters. The van der Waals surface area contributed by atoms with E-state index in [2.05, 4.69) is 0 Å². The minimum absolute atomic E-state index is 0.437. The van der Waals surface area contributed by atoms with Gasteiger partial charge in [0.25, 0.3) is 6.08 Å². The van der Waals surface area contributed by atoms with Crippen molar-refractivity contribution in [2.75, 3.05) is 0 Å². The zero-order valence-electron chi connectivity index (χ0n) is 5.40. The molecule has 0 N–H and O–H groups in total. The van der Waals surface area contributed by atoms with E-state index in [-0.39, 0.29) is 0 Å². The lowest BCUT2D eigenvalue weighted by atomic mass is 10.3. The summed E-state index contributed by atoms with van der Waals surface area (Å²) in [5, 5.41) is 0. The van der Waals surface area contributed by atoms with E-state index in [4.69, 9.17) is 0 Å². The normalized spacial score (nSPS) is 10.1. The molecule has 0 saturated carbocycles. The SMILES string of the molecule is CC=CCCC=C(F)F. The molecule has 0 aromatic heterocycles. The zero-order chi connectivity index (χ0) is 7.11. The monoisotopic (exact) mass is 132 g/mol. The van der Waals surface area contributed by atoms with Crippen molar-refractivity contribution in [3.8, 4) is 0 Å². The first kappa shape index (κ1) is 8.34. The van der Waals surface area contributed by atoms with Crippen LogP contribution in [0.15, 0.2) is 24.3 Å². The number of allylic oxidation sites excluding steroid dienone is 3. The fraction of sp³-hybridized carbons (Fsp3) is 0.429. The summed E-state index contributed by atoms with van der Waals surface area (Å²) in [7, 11) is 0. The summed E-state index contributed by atoms with van der Waals surface area (Å²) in [6.45, 7) is 1.87. The van der Waals surface area contributed by atoms with Gasteiger partial charge in [0, 0.05) is 0 Å². The van der Waals surface area contributed by atoms with Crippen LogP contribution in [-0.4, -0.2) is 0 Å². The Morgan fingerprint density at radius 2 is 2.00 bits per heavy atom. The van der Waals surface area contributed by atoms with Crippen molar-refractivity contribution in [3.63, 3.8) is 0 Å². The van der Waals surface area contributed by atoms with Crippen LogP contribution < -0.4 is 0 Å². The largest absolute Gasteiger partial charge is 0.266 e. The fourth-order valence-corrected chi connectivity index (χ4v) is 0.455. The van der Waals surface area contributed by atoms with Gasteiger partial charge in [0.1, 0.15) is 0 Å². The molecule has 0 aromatic carbocycles.